The Kier molecular flexibility index (Phi) is 18.2. The zero-order valence-corrected chi connectivity index (χ0v) is 26.3. The van der Waals surface area contributed by atoms with E-state index in [1.54, 1.807) is 0 Å². The number of ether oxygens (including phenoxy) is 2. The van der Waals surface area contributed by atoms with Crippen LogP contribution in [0.4, 0.5) is 0 Å². The van der Waals surface area contributed by atoms with Gasteiger partial charge in [0.2, 0.25) is 11.8 Å². The van der Waals surface area contributed by atoms with Crippen molar-refractivity contribution in [2.24, 2.45) is 0 Å². The summed E-state index contributed by atoms with van der Waals surface area (Å²) < 4.78 is 9.72. The molecule has 0 bridgehead atoms. The van der Waals surface area contributed by atoms with Crippen LogP contribution in [0.2, 0.25) is 0 Å². The van der Waals surface area contributed by atoms with Crippen LogP contribution in [0.25, 0.3) is 0 Å². The molecule has 230 valence electrons. The normalized spacial score (nSPS) is 12.1. The summed E-state index contributed by atoms with van der Waals surface area (Å²) in [4.78, 5) is 48.9. The predicted octanol–water partition coefficient (Wildman–Crippen LogP) is 5.29. The Hall–Kier alpha value is -2.98. The third-order valence-electron chi connectivity index (χ3n) is 6.55. The van der Waals surface area contributed by atoms with Gasteiger partial charge in [-0.25, -0.2) is 9.59 Å². The minimum absolute atomic E-state index is 0.131. The standard InChI is InChI=1S/C32H44N2O6S2/c1-39-31(37)27(23-25-15-7-3-8-16-25)33-29(35)19-11-5-13-21-41-42-22-14-6-12-20-30(36)34-28(32(38)40-2)24-26-17-9-4-10-18-26/h3-4,7-10,15-18,27-28H,5-6,11-14,19-24H2,1-2H3,(H,33,35)(H,34,36)/t27-,28-/m0/s1. The molecular formula is C32H44N2O6S2. The topological polar surface area (TPSA) is 111 Å². The van der Waals surface area contributed by atoms with E-state index in [-0.39, 0.29) is 11.8 Å². The highest BCUT2D eigenvalue weighted by Gasteiger charge is 2.22. The summed E-state index contributed by atoms with van der Waals surface area (Å²) >= 11 is 0. The van der Waals surface area contributed by atoms with E-state index >= 15 is 0 Å². The number of nitrogens with one attached hydrogen (secondary N) is 2. The van der Waals surface area contributed by atoms with E-state index < -0.39 is 24.0 Å². The fourth-order valence-corrected chi connectivity index (χ4v) is 6.56. The van der Waals surface area contributed by atoms with Gasteiger partial charge in [-0.3, -0.25) is 9.59 Å². The molecule has 10 heteroatoms. The number of hydrogen-bond acceptors (Lipinski definition) is 8. The molecule has 0 aliphatic rings. The number of amides is 2. The molecule has 2 amide bonds. The third kappa shape index (κ3) is 15.3. The number of carbonyl (C=O) groups is 4. The van der Waals surface area contributed by atoms with Crippen LogP contribution in [0.5, 0.6) is 0 Å². The minimum Gasteiger partial charge on any atom is -0.467 e. The lowest BCUT2D eigenvalue weighted by atomic mass is 10.1. The van der Waals surface area contributed by atoms with Crippen LogP contribution in [0, 0.1) is 0 Å². The summed E-state index contributed by atoms with van der Waals surface area (Å²) in [5.74, 6) is 0.904. The molecule has 0 heterocycles. The molecule has 2 aromatic carbocycles. The van der Waals surface area contributed by atoms with Crippen molar-refractivity contribution in [1.29, 1.82) is 0 Å². The number of benzene rings is 2. The molecule has 0 aliphatic carbocycles. The lowest BCUT2D eigenvalue weighted by Crippen LogP contribution is -2.43. The number of rotatable bonds is 21. The first kappa shape index (κ1) is 35.2. The molecule has 2 atom stereocenters. The van der Waals surface area contributed by atoms with Crippen molar-refractivity contribution in [3.05, 3.63) is 71.8 Å². The Morgan fingerprint density at radius 3 is 1.33 bits per heavy atom. The number of carbonyl (C=O) groups excluding carboxylic acids is 4. The zero-order chi connectivity index (χ0) is 30.4. The fraction of sp³-hybridized carbons (Fsp3) is 0.500. The van der Waals surface area contributed by atoms with Gasteiger partial charge >= 0.3 is 11.9 Å². The smallest absolute Gasteiger partial charge is 0.328 e. The van der Waals surface area contributed by atoms with Crippen LogP contribution in [0.15, 0.2) is 60.7 Å². The van der Waals surface area contributed by atoms with Gasteiger partial charge in [0.1, 0.15) is 12.1 Å². The zero-order valence-electron chi connectivity index (χ0n) is 24.7. The minimum atomic E-state index is -0.678. The highest BCUT2D eigenvalue weighted by atomic mass is 33.1. The van der Waals surface area contributed by atoms with E-state index in [0.29, 0.717) is 25.7 Å². The maximum atomic E-state index is 12.4. The summed E-state index contributed by atoms with van der Waals surface area (Å²) in [6.07, 6.45) is 7.11. The maximum absolute atomic E-state index is 12.4. The van der Waals surface area contributed by atoms with Crippen molar-refractivity contribution in [3.63, 3.8) is 0 Å². The van der Waals surface area contributed by atoms with Crippen LogP contribution in [0.3, 0.4) is 0 Å². The molecule has 0 spiro atoms. The lowest BCUT2D eigenvalue weighted by Gasteiger charge is -2.16. The first-order valence-corrected chi connectivity index (χ1v) is 17.0. The third-order valence-corrected chi connectivity index (χ3v) is 9.13. The van der Waals surface area contributed by atoms with E-state index in [9.17, 15) is 19.2 Å². The van der Waals surface area contributed by atoms with Crippen molar-refractivity contribution in [3.8, 4) is 0 Å². The SMILES string of the molecule is COC(=O)[C@H](Cc1ccccc1)NC(=O)CCCCCSSCCCCCC(=O)N[C@@H](Cc1ccccc1)C(=O)OC. The first-order chi connectivity index (χ1) is 20.4. The van der Waals surface area contributed by atoms with Gasteiger partial charge in [-0.2, -0.15) is 0 Å². The number of esters is 2. The number of methoxy groups -OCH3 is 2. The van der Waals surface area contributed by atoms with Crippen LogP contribution >= 0.6 is 21.6 Å². The molecule has 2 N–H and O–H groups in total. The summed E-state index contributed by atoms with van der Waals surface area (Å²) in [6.45, 7) is 0. The summed E-state index contributed by atoms with van der Waals surface area (Å²) in [6, 6.07) is 17.8. The van der Waals surface area contributed by atoms with Crippen molar-refractivity contribution < 1.29 is 28.7 Å². The average molecular weight is 617 g/mol. The highest BCUT2D eigenvalue weighted by Crippen LogP contribution is 2.24. The fourth-order valence-electron chi connectivity index (χ4n) is 4.27. The van der Waals surface area contributed by atoms with E-state index in [4.69, 9.17) is 9.47 Å². The van der Waals surface area contributed by atoms with E-state index in [0.717, 1.165) is 61.2 Å². The van der Waals surface area contributed by atoms with E-state index in [1.165, 1.54) is 14.2 Å². The van der Waals surface area contributed by atoms with Crippen LogP contribution in [-0.2, 0) is 41.5 Å². The molecule has 42 heavy (non-hydrogen) atoms. The van der Waals surface area contributed by atoms with Gasteiger partial charge < -0.3 is 20.1 Å². The van der Waals surface area contributed by atoms with Crippen LogP contribution in [0.1, 0.15) is 62.5 Å². The first-order valence-electron chi connectivity index (χ1n) is 14.5. The quantitative estimate of drug-likeness (QED) is 0.111. The van der Waals surface area contributed by atoms with Crippen LogP contribution < -0.4 is 10.6 Å². The molecular weight excluding hydrogens is 572 g/mol. The molecule has 0 saturated heterocycles. The van der Waals surface area contributed by atoms with Crippen molar-refractivity contribution in [2.45, 2.75) is 76.3 Å². The molecule has 0 saturated carbocycles. The van der Waals surface area contributed by atoms with Crippen molar-refractivity contribution >= 4 is 45.3 Å². The Bertz CT molecular complexity index is 986. The molecule has 0 radical (unpaired) electrons. The van der Waals surface area contributed by atoms with Gasteiger partial charge in [0, 0.05) is 37.2 Å². The molecule has 0 unspecified atom stereocenters. The number of hydrogen-bond donors (Lipinski definition) is 2. The van der Waals surface area contributed by atoms with Gasteiger partial charge in [-0.05, 0) is 36.8 Å². The van der Waals surface area contributed by atoms with Gasteiger partial charge in [-0.1, -0.05) is 95.1 Å². The Labute approximate surface area is 257 Å². The van der Waals surface area contributed by atoms with Crippen molar-refractivity contribution in [2.75, 3.05) is 25.7 Å². The van der Waals surface area contributed by atoms with Gasteiger partial charge in [0.05, 0.1) is 14.2 Å². The largest absolute Gasteiger partial charge is 0.467 e. The second-order valence-electron chi connectivity index (χ2n) is 9.93. The summed E-state index contributed by atoms with van der Waals surface area (Å²) in [5.41, 5.74) is 1.94. The molecule has 0 fully saturated rings. The predicted molar refractivity (Wildman–Crippen MR) is 170 cm³/mol. The molecule has 8 nitrogen and oxygen atoms in total. The van der Waals surface area contributed by atoms with Gasteiger partial charge in [0.15, 0.2) is 0 Å². The Balaban J connectivity index is 1.48. The second-order valence-corrected chi connectivity index (χ2v) is 12.6. The molecule has 0 aromatic heterocycles. The molecule has 0 aliphatic heterocycles. The molecule has 2 rings (SSSR count). The van der Waals surface area contributed by atoms with E-state index in [1.807, 2.05) is 82.3 Å². The summed E-state index contributed by atoms with van der Waals surface area (Å²) in [7, 11) is 6.33. The van der Waals surface area contributed by atoms with Gasteiger partial charge in [0.25, 0.3) is 0 Å². The number of unbranched alkanes of at least 4 members (excludes halogenated alkanes) is 4. The van der Waals surface area contributed by atoms with Gasteiger partial charge in [-0.15, -0.1) is 0 Å². The monoisotopic (exact) mass is 616 g/mol. The Morgan fingerprint density at radius 2 is 0.976 bits per heavy atom. The second kappa shape index (κ2) is 21.7. The van der Waals surface area contributed by atoms with Crippen molar-refractivity contribution in [1.82, 2.24) is 10.6 Å². The highest BCUT2D eigenvalue weighted by molar-refractivity contribution is 8.76. The Morgan fingerprint density at radius 1 is 0.595 bits per heavy atom. The lowest BCUT2D eigenvalue weighted by molar-refractivity contribution is -0.145. The van der Waals surface area contributed by atoms with E-state index in [2.05, 4.69) is 10.6 Å². The average Bonchev–Trinajstić information content (AvgIpc) is 3.01. The van der Waals surface area contributed by atoms with Crippen LogP contribution in [-0.4, -0.2) is 61.6 Å². The molecule has 2 aromatic rings. The maximum Gasteiger partial charge on any atom is 0.328 e. The summed E-state index contributed by atoms with van der Waals surface area (Å²) in [5, 5.41) is 5.63.